The summed E-state index contributed by atoms with van der Waals surface area (Å²) >= 11 is 3.36. The molecule has 0 spiro atoms. The summed E-state index contributed by atoms with van der Waals surface area (Å²) in [5, 5.41) is 0.727. The quantitative estimate of drug-likeness (QED) is 0.787. The van der Waals surface area contributed by atoms with Crippen molar-refractivity contribution >= 4 is 27.8 Å². The summed E-state index contributed by atoms with van der Waals surface area (Å²) in [5.41, 5.74) is 0.559. The first-order chi connectivity index (χ1) is 7.83. The fourth-order valence-corrected chi connectivity index (χ4v) is 1.50. The Hall–Kier alpha value is -1.10. The van der Waals surface area contributed by atoms with Gasteiger partial charge >= 0.3 is 6.09 Å². The minimum Gasteiger partial charge on any atom is -0.443 e. The third-order valence-corrected chi connectivity index (χ3v) is 2.62. The number of rotatable bonds is 2. The van der Waals surface area contributed by atoms with Crippen molar-refractivity contribution in [3.63, 3.8) is 0 Å². The lowest BCUT2D eigenvalue weighted by Gasteiger charge is -2.24. The maximum atomic E-state index is 11.8. The van der Waals surface area contributed by atoms with Crippen molar-refractivity contribution in [3.8, 4) is 0 Å². The first-order valence-electron chi connectivity index (χ1n) is 5.31. The number of ether oxygens (including phenoxy) is 1. The predicted molar refractivity (Wildman–Crippen MR) is 71.5 cm³/mol. The minimum absolute atomic E-state index is 0.406. The van der Waals surface area contributed by atoms with Gasteiger partial charge < -0.3 is 4.74 Å². The summed E-state index contributed by atoms with van der Waals surface area (Å²) in [7, 11) is 1.65. The number of hydrogen-bond donors (Lipinski definition) is 0. The van der Waals surface area contributed by atoms with E-state index in [1.807, 2.05) is 32.9 Å². The molecular weight excluding hydrogens is 284 g/mol. The van der Waals surface area contributed by atoms with Crippen LogP contribution in [0.25, 0.3) is 0 Å². The molecule has 4 nitrogen and oxygen atoms in total. The molecule has 94 valence electrons. The lowest BCUT2D eigenvalue weighted by Crippen LogP contribution is -2.34. The Balaban J connectivity index is 2.81. The number of carbonyl (C=O) groups excluding carboxylic acids is 1. The van der Waals surface area contributed by atoms with E-state index in [4.69, 9.17) is 4.74 Å². The van der Waals surface area contributed by atoms with Crippen LogP contribution >= 0.6 is 15.9 Å². The van der Waals surface area contributed by atoms with Crippen molar-refractivity contribution in [2.45, 2.75) is 31.7 Å². The molecule has 0 aliphatic carbocycles. The molecule has 0 saturated heterocycles. The molecule has 0 aliphatic heterocycles. The largest absolute Gasteiger partial charge is 0.443 e. The lowest BCUT2D eigenvalue weighted by atomic mass is 10.2. The Morgan fingerprint density at radius 2 is 2.18 bits per heavy atom. The Morgan fingerprint density at radius 1 is 1.53 bits per heavy atom. The maximum Gasteiger partial charge on any atom is 0.415 e. The fraction of sp³-hybridized carbons (Fsp3) is 0.500. The molecule has 17 heavy (non-hydrogen) atoms. The van der Waals surface area contributed by atoms with Gasteiger partial charge in [0.15, 0.2) is 0 Å². The zero-order valence-corrected chi connectivity index (χ0v) is 12.1. The van der Waals surface area contributed by atoms with Gasteiger partial charge in [-0.15, -0.1) is 0 Å². The van der Waals surface area contributed by atoms with Crippen LogP contribution in [0.4, 0.5) is 10.6 Å². The van der Waals surface area contributed by atoms with Gasteiger partial charge in [-0.1, -0.05) is 15.9 Å². The zero-order chi connectivity index (χ0) is 13.1. The van der Waals surface area contributed by atoms with E-state index in [1.165, 1.54) is 4.90 Å². The highest BCUT2D eigenvalue weighted by Gasteiger charge is 2.21. The Morgan fingerprint density at radius 3 is 2.71 bits per heavy atom. The van der Waals surface area contributed by atoms with Crippen molar-refractivity contribution in [2.75, 3.05) is 11.9 Å². The first-order valence-corrected chi connectivity index (χ1v) is 6.43. The minimum atomic E-state index is -0.502. The van der Waals surface area contributed by atoms with Gasteiger partial charge in [0.05, 0.1) is 0 Å². The zero-order valence-electron chi connectivity index (χ0n) is 10.5. The van der Waals surface area contributed by atoms with E-state index in [0.717, 1.165) is 10.9 Å². The Labute approximate surface area is 110 Å². The monoisotopic (exact) mass is 300 g/mol. The Bertz CT molecular complexity index is 402. The lowest BCUT2D eigenvalue weighted by molar-refractivity contribution is 0.0588. The van der Waals surface area contributed by atoms with Crippen molar-refractivity contribution in [1.29, 1.82) is 0 Å². The molecule has 0 aromatic carbocycles. The third kappa shape index (κ3) is 4.34. The van der Waals surface area contributed by atoms with Crippen LogP contribution in [0.1, 0.15) is 26.3 Å². The molecule has 5 heteroatoms. The van der Waals surface area contributed by atoms with Crippen molar-refractivity contribution in [3.05, 3.63) is 23.9 Å². The topological polar surface area (TPSA) is 42.4 Å². The molecule has 1 rings (SSSR count). The number of alkyl halides is 1. The number of amides is 1. The van der Waals surface area contributed by atoms with Crippen LogP contribution < -0.4 is 4.90 Å². The number of carbonyl (C=O) groups is 1. The second-order valence-electron chi connectivity index (χ2n) is 4.70. The summed E-state index contributed by atoms with van der Waals surface area (Å²) in [6, 6.07) is 3.74. The molecule has 1 aromatic rings. The van der Waals surface area contributed by atoms with Gasteiger partial charge in [0, 0.05) is 18.6 Å². The van der Waals surface area contributed by atoms with E-state index in [2.05, 4.69) is 20.9 Å². The van der Waals surface area contributed by atoms with Gasteiger partial charge in [-0.25, -0.2) is 9.78 Å². The van der Waals surface area contributed by atoms with Gasteiger partial charge in [-0.2, -0.15) is 0 Å². The highest BCUT2D eigenvalue weighted by Crippen LogP contribution is 2.16. The van der Waals surface area contributed by atoms with Crippen LogP contribution in [0.15, 0.2) is 18.3 Å². The molecule has 0 aliphatic rings. The number of hydrogen-bond acceptors (Lipinski definition) is 3. The average molecular weight is 301 g/mol. The SMILES string of the molecule is CN(C(=O)OC(C)(C)C)c1cc(CBr)ccn1. The van der Waals surface area contributed by atoms with E-state index < -0.39 is 11.7 Å². The maximum absolute atomic E-state index is 11.8. The van der Waals surface area contributed by atoms with Crippen LogP contribution in [0.3, 0.4) is 0 Å². The van der Waals surface area contributed by atoms with Crippen molar-refractivity contribution in [1.82, 2.24) is 4.98 Å². The molecule has 0 radical (unpaired) electrons. The normalized spacial score (nSPS) is 11.1. The molecule has 0 atom stereocenters. The van der Waals surface area contributed by atoms with Crippen molar-refractivity contribution < 1.29 is 9.53 Å². The van der Waals surface area contributed by atoms with E-state index >= 15 is 0 Å². The average Bonchev–Trinajstić information content (AvgIpc) is 2.26. The fourth-order valence-electron chi connectivity index (χ4n) is 1.15. The number of anilines is 1. The molecule has 0 bridgehead atoms. The number of pyridine rings is 1. The molecule has 0 saturated carbocycles. The van der Waals surface area contributed by atoms with E-state index in [9.17, 15) is 4.79 Å². The predicted octanol–water partition coefficient (Wildman–Crippen LogP) is 3.35. The Kier molecular flexibility index (Phi) is 4.51. The van der Waals surface area contributed by atoms with E-state index in [0.29, 0.717) is 5.82 Å². The van der Waals surface area contributed by atoms with Gasteiger partial charge in [-0.3, -0.25) is 4.90 Å². The summed E-state index contributed by atoms with van der Waals surface area (Å²) < 4.78 is 5.26. The molecule has 0 N–H and O–H groups in total. The van der Waals surface area contributed by atoms with Crippen LogP contribution in [0.2, 0.25) is 0 Å². The second-order valence-corrected chi connectivity index (χ2v) is 5.26. The highest BCUT2D eigenvalue weighted by molar-refractivity contribution is 9.08. The van der Waals surface area contributed by atoms with Gasteiger partial charge in [0.2, 0.25) is 0 Å². The molecule has 0 unspecified atom stereocenters. The second kappa shape index (κ2) is 5.49. The summed E-state index contributed by atoms with van der Waals surface area (Å²) in [4.78, 5) is 17.4. The summed E-state index contributed by atoms with van der Waals surface area (Å²) in [6.07, 6.45) is 1.27. The van der Waals surface area contributed by atoms with E-state index in [1.54, 1.807) is 13.2 Å². The number of nitrogens with zero attached hydrogens (tertiary/aromatic N) is 2. The van der Waals surface area contributed by atoms with Gasteiger partial charge in [0.1, 0.15) is 11.4 Å². The van der Waals surface area contributed by atoms with Crippen LogP contribution in [0.5, 0.6) is 0 Å². The molecule has 1 amide bonds. The number of halogens is 1. The smallest absolute Gasteiger partial charge is 0.415 e. The standard InChI is InChI=1S/C12H17BrN2O2/c1-12(2,3)17-11(16)15(4)10-7-9(8-13)5-6-14-10/h5-7H,8H2,1-4H3. The first kappa shape index (κ1) is 14.0. The van der Waals surface area contributed by atoms with Gasteiger partial charge in [-0.05, 0) is 38.5 Å². The molecule has 0 fully saturated rings. The van der Waals surface area contributed by atoms with E-state index in [-0.39, 0.29) is 0 Å². The summed E-state index contributed by atoms with van der Waals surface area (Å²) in [6.45, 7) is 5.50. The van der Waals surface area contributed by atoms with Gasteiger partial charge in [0.25, 0.3) is 0 Å². The molecular formula is C12H17BrN2O2. The summed E-state index contributed by atoms with van der Waals surface area (Å²) in [5.74, 6) is 0.580. The van der Waals surface area contributed by atoms with Crippen LogP contribution in [0, 0.1) is 0 Å². The highest BCUT2D eigenvalue weighted by atomic mass is 79.9. The molecule has 1 heterocycles. The molecule has 1 aromatic heterocycles. The number of aromatic nitrogens is 1. The van der Waals surface area contributed by atoms with Crippen LogP contribution in [-0.2, 0) is 10.1 Å². The third-order valence-electron chi connectivity index (χ3n) is 1.98. The van der Waals surface area contributed by atoms with Crippen molar-refractivity contribution in [2.24, 2.45) is 0 Å². The van der Waals surface area contributed by atoms with Crippen LogP contribution in [-0.4, -0.2) is 23.7 Å².